The van der Waals surface area contributed by atoms with Gasteiger partial charge in [-0.05, 0) is 55.3 Å². The molecule has 0 aliphatic heterocycles. The number of carbonyl (C=O) groups is 2. The van der Waals surface area contributed by atoms with Crippen LogP contribution in [0, 0.1) is 11.6 Å². The van der Waals surface area contributed by atoms with Crippen LogP contribution < -0.4 is 15.8 Å². The van der Waals surface area contributed by atoms with Gasteiger partial charge in [-0.25, -0.2) is 13.6 Å². The smallest absolute Gasteiger partial charge is 0.407 e. The van der Waals surface area contributed by atoms with Gasteiger partial charge in [-0.1, -0.05) is 0 Å². The molecule has 1 atom stereocenters. The van der Waals surface area contributed by atoms with Crippen molar-refractivity contribution in [1.82, 2.24) is 5.32 Å². The maximum Gasteiger partial charge on any atom is 0.407 e. The Labute approximate surface area is 153 Å². The largest absolute Gasteiger partial charge is 0.488 e. The minimum Gasteiger partial charge on any atom is -0.488 e. The summed E-state index contributed by atoms with van der Waals surface area (Å²) in [7, 11) is 0. The number of nitrogens with two attached hydrogens (primary N) is 1. The lowest BCUT2D eigenvalue weighted by molar-refractivity contribution is -0.118. The Balaban J connectivity index is 2.75. The summed E-state index contributed by atoms with van der Waals surface area (Å²) in [5, 5.41) is 2.54. The molecule has 0 spiro atoms. The molecule has 1 aromatic rings. The second kappa shape index (κ2) is 8.98. The lowest BCUT2D eigenvalue weighted by Gasteiger charge is -2.23. The van der Waals surface area contributed by atoms with E-state index in [0.29, 0.717) is 0 Å². The molecule has 140 valence electrons. The first-order valence-electron chi connectivity index (χ1n) is 7.53. The molecule has 9 heteroatoms. The van der Waals surface area contributed by atoms with E-state index in [1.807, 2.05) is 0 Å². The summed E-state index contributed by atoms with van der Waals surface area (Å²) in [5.41, 5.74) is 4.41. The average molecular weight is 423 g/mol. The zero-order chi connectivity index (χ0) is 19.2. The number of hydrogen-bond donors (Lipinski definition) is 2. The van der Waals surface area contributed by atoms with Gasteiger partial charge in [0.1, 0.15) is 18.0 Å². The molecule has 0 aliphatic carbocycles. The van der Waals surface area contributed by atoms with E-state index in [1.165, 1.54) is 0 Å². The Morgan fingerprint density at radius 1 is 1.32 bits per heavy atom. The first-order chi connectivity index (χ1) is 11.5. The van der Waals surface area contributed by atoms with E-state index in [0.717, 1.165) is 12.1 Å². The molecular weight excluding hydrogens is 402 g/mol. The van der Waals surface area contributed by atoms with E-state index in [9.17, 15) is 18.4 Å². The van der Waals surface area contributed by atoms with E-state index in [4.69, 9.17) is 15.2 Å². The van der Waals surface area contributed by atoms with Crippen molar-refractivity contribution >= 4 is 27.9 Å². The molecule has 1 rings (SSSR count). The van der Waals surface area contributed by atoms with E-state index in [1.54, 1.807) is 20.8 Å². The molecule has 0 unspecified atom stereocenters. The van der Waals surface area contributed by atoms with E-state index < -0.39 is 35.3 Å². The molecule has 0 radical (unpaired) electrons. The second-order valence-electron chi connectivity index (χ2n) is 6.33. The van der Waals surface area contributed by atoms with Crippen molar-refractivity contribution in [3.05, 3.63) is 28.2 Å². The van der Waals surface area contributed by atoms with Crippen LogP contribution in [0.15, 0.2) is 16.6 Å². The summed E-state index contributed by atoms with van der Waals surface area (Å²) >= 11 is 2.78. The van der Waals surface area contributed by atoms with Crippen molar-refractivity contribution in [2.45, 2.75) is 45.3 Å². The van der Waals surface area contributed by atoms with Gasteiger partial charge >= 0.3 is 6.09 Å². The number of carbonyl (C=O) groups excluding carboxylic acids is 2. The van der Waals surface area contributed by atoms with Crippen molar-refractivity contribution in [2.75, 3.05) is 6.61 Å². The van der Waals surface area contributed by atoms with Crippen LogP contribution >= 0.6 is 15.9 Å². The first-order valence-corrected chi connectivity index (χ1v) is 8.33. The monoisotopic (exact) mass is 422 g/mol. The molecule has 0 heterocycles. The number of amides is 2. The van der Waals surface area contributed by atoms with Crippen LogP contribution in [0.4, 0.5) is 13.6 Å². The lowest BCUT2D eigenvalue weighted by atomic mass is 10.1. The summed E-state index contributed by atoms with van der Waals surface area (Å²) in [5.74, 6) is -2.40. The van der Waals surface area contributed by atoms with Gasteiger partial charge in [0.05, 0.1) is 10.5 Å². The van der Waals surface area contributed by atoms with Gasteiger partial charge in [0.25, 0.3) is 0 Å². The maximum absolute atomic E-state index is 13.9. The molecular formula is C16H21BrF2N2O4. The third-order valence-electron chi connectivity index (χ3n) is 2.90. The van der Waals surface area contributed by atoms with Crippen molar-refractivity contribution < 1.29 is 27.8 Å². The highest BCUT2D eigenvalue weighted by Crippen LogP contribution is 2.27. The van der Waals surface area contributed by atoms with Gasteiger partial charge in [0.2, 0.25) is 5.91 Å². The highest BCUT2D eigenvalue weighted by atomic mass is 79.9. The van der Waals surface area contributed by atoms with Gasteiger partial charge in [0.15, 0.2) is 11.6 Å². The van der Waals surface area contributed by atoms with E-state index >= 15 is 0 Å². The number of halogens is 3. The lowest BCUT2D eigenvalue weighted by Crippen LogP contribution is -2.42. The third-order valence-corrected chi connectivity index (χ3v) is 3.63. The summed E-state index contributed by atoms with van der Waals surface area (Å²) in [6.07, 6.45) is -0.524. The molecule has 3 N–H and O–H groups in total. The summed E-state index contributed by atoms with van der Waals surface area (Å²) in [6, 6.07) is 1.53. The number of primary amides is 1. The fourth-order valence-electron chi connectivity index (χ4n) is 1.80. The predicted octanol–water partition coefficient (Wildman–Crippen LogP) is 3.26. The van der Waals surface area contributed by atoms with Crippen LogP contribution in [0.2, 0.25) is 0 Å². The van der Waals surface area contributed by atoms with E-state index in [2.05, 4.69) is 21.2 Å². The van der Waals surface area contributed by atoms with Crippen LogP contribution in [0.3, 0.4) is 0 Å². The average Bonchev–Trinajstić information content (AvgIpc) is 2.47. The molecule has 0 saturated heterocycles. The van der Waals surface area contributed by atoms with Gasteiger partial charge in [0, 0.05) is 6.42 Å². The van der Waals surface area contributed by atoms with Gasteiger partial charge in [-0.2, -0.15) is 0 Å². The normalized spacial score (nSPS) is 12.4. The molecule has 0 fully saturated rings. The number of nitrogens with one attached hydrogen (secondary N) is 1. The second-order valence-corrected chi connectivity index (χ2v) is 7.13. The summed E-state index contributed by atoms with van der Waals surface area (Å²) in [6.45, 7) is 4.95. The zero-order valence-electron chi connectivity index (χ0n) is 14.2. The van der Waals surface area contributed by atoms with Crippen LogP contribution in [0.5, 0.6) is 5.75 Å². The Morgan fingerprint density at radius 2 is 1.96 bits per heavy atom. The SMILES string of the molecule is CC(C)(C)OC(=O)N[C@@H](CCC(N)=O)COc1ccc(F)c(Br)c1F. The minimum absolute atomic E-state index is 0.000576. The van der Waals surface area contributed by atoms with Gasteiger partial charge in [-0.15, -0.1) is 0 Å². The zero-order valence-corrected chi connectivity index (χ0v) is 15.8. The third kappa shape index (κ3) is 7.68. The summed E-state index contributed by atoms with van der Waals surface area (Å²) < 4.78 is 37.2. The van der Waals surface area contributed by atoms with Crippen molar-refractivity contribution in [3.63, 3.8) is 0 Å². The standard InChI is InChI=1S/C16H21BrF2N2O4/c1-16(2,3)25-15(23)21-9(4-7-12(20)22)8-24-11-6-5-10(18)13(17)14(11)19/h5-6,9H,4,7-8H2,1-3H3,(H2,20,22)(H,21,23)/t9-/m0/s1. The summed E-state index contributed by atoms with van der Waals surface area (Å²) in [4.78, 5) is 22.8. The first kappa shape index (κ1) is 21.1. The number of ether oxygens (including phenoxy) is 2. The van der Waals surface area contributed by atoms with Crippen molar-refractivity contribution in [2.24, 2.45) is 5.73 Å². The fraction of sp³-hybridized carbons (Fsp3) is 0.500. The highest BCUT2D eigenvalue weighted by Gasteiger charge is 2.21. The van der Waals surface area contributed by atoms with Crippen LogP contribution in [-0.4, -0.2) is 30.3 Å². The van der Waals surface area contributed by atoms with Crippen LogP contribution in [0.25, 0.3) is 0 Å². The quantitative estimate of drug-likeness (QED) is 0.659. The number of rotatable bonds is 7. The number of benzene rings is 1. The number of hydrogen-bond acceptors (Lipinski definition) is 4. The Kier molecular flexibility index (Phi) is 7.60. The topological polar surface area (TPSA) is 90.6 Å². The minimum atomic E-state index is -0.897. The molecule has 0 bridgehead atoms. The van der Waals surface area contributed by atoms with Crippen LogP contribution in [0.1, 0.15) is 33.6 Å². The maximum atomic E-state index is 13.9. The Hall–Kier alpha value is -1.90. The molecule has 0 aliphatic rings. The van der Waals surface area contributed by atoms with Gasteiger partial charge in [-0.3, -0.25) is 4.79 Å². The molecule has 25 heavy (non-hydrogen) atoms. The molecule has 1 aromatic carbocycles. The molecule has 0 aromatic heterocycles. The van der Waals surface area contributed by atoms with Gasteiger partial charge < -0.3 is 20.5 Å². The molecule has 0 saturated carbocycles. The number of alkyl carbamates (subject to hydrolysis) is 1. The Morgan fingerprint density at radius 3 is 2.52 bits per heavy atom. The van der Waals surface area contributed by atoms with Crippen molar-refractivity contribution in [1.29, 1.82) is 0 Å². The molecule has 2 amide bonds. The van der Waals surface area contributed by atoms with Crippen LogP contribution in [-0.2, 0) is 9.53 Å². The van der Waals surface area contributed by atoms with E-state index in [-0.39, 0.29) is 29.7 Å². The molecule has 6 nitrogen and oxygen atoms in total. The Bertz CT molecular complexity index is 635. The highest BCUT2D eigenvalue weighted by molar-refractivity contribution is 9.10. The predicted molar refractivity (Wildman–Crippen MR) is 91.1 cm³/mol. The fourth-order valence-corrected chi connectivity index (χ4v) is 2.13. The van der Waals surface area contributed by atoms with Crippen molar-refractivity contribution in [3.8, 4) is 5.75 Å².